The second-order valence-corrected chi connectivity index (χ2v) is 5.42. The molecule has 4 heteroatoms. The number of carbonyl (C=O) groups is 1. The van der Waals surface area contributed by atoms with Crippen molar-refractivity contribution in [3.63, 3.8) is 0 Å². The van der Waals surface area contributed by atoms with Crippen molar-refractivity contribution in [2.75, 3.05) is 0 Å². The fraction of sp³-hybridized carbons (Fsp3) is 0.364. The van der Waals surface area contributed by atoms with Crippen LogP contribution in [-0.2, 0) is 9.53 Å². The maximum atomic E-state index is 11.5. The number of hydrogen-bond donors (Lipinski definition) is 0. The number of ether oxygens (including phenoxy) is 1. The minimum Gasteiger partial charge on any atom is -0.462 e. The Labute approximate surface area is 105 Å². The molecule has 1 heterocycles. The van der Waals surface area contributed by atoms with Crippen molar-refractivity contribution in [3.05, 3.63) is 32.7 Å². The normalized spacial score (nSPS) is 25.4. The number of benzene rings is 1. The first-order chi connectivity index (χ1) is 7.08. The summed E-state index contributed by atoms with van der Waals surface area (Å²) in [7, 11) is 0. The fourth-order valence-corrected chi connectivity index (χ4v) is 2.40. The largest absolute Gasteiger partial charge is 0.462 e. The van der Waals surface area contributed by atoms with E-state index in [2.05, 4.69) is 31.9 Å². The van der Waals surface area contributed by atoms with Crippen LogP contribution in [0.2, 0.25) is 0 Å². The van der Waals surface area contributed by atoms with Gasteiger partial charge in [-0.25, -0.2) is 0 Å². The molecule has 1 saturated heterocycles. The van der Waals surface area contributed by atoms with Gasteiger partial charge >= 0.3 is 5.97 Å². The van der Waals surface area contributed by atoms with Crippen LogP contribution in [0.4, 0.5) is 0 Å². The molecule has 1 aromatic rings. The van der Waals surface area contributed by atoms with Crippen LogP contribution in [0.1, 0.15) is 24.8 Å². The maximum absolute atomic E-state index is 11.5. The van der Waals surface area contributed by atoms with Crippen LogP contribution in [0.5, 0.6) is 0 Å². The van der Waals surface area contributed by atoms with E-state index in [4.69, 9.17) is 4.74 Å². The lowest BCUT2D eigenvalue weighted by atomic mass is 9.96. The number of hydrogen-bond acceptors (Lipinski definition) is 2. The summed E-state index contributed by atoms with van der Waals surface area (Å²) in [4.78, 5) is 11.5. The minimum absolute atomic E-state index is 0.0323. The molecule has 0 aliphatic carbocycles. The Hall–Kier alpha value is -0.350. The smallest absolute Gasteiger partial charge is 0.313 e. The standard InChI is InChI=1S/C11H10Br2O2/c1-6-4-8(11(14)15-6)7-2-3-9(12)10(13)5-7/h2-3,5-6,8H,4H2,1H3. The highest BCUT2D eigenvalue weighted by atomic mass is 79.9. The summed E-state index contributed by atoms with van der Waals surface area (Å²) < 4.78 is 7.09. The molecule has 0 amide bonds. The van der Waals surface area contributed by atoms with Gasteiger partial charge in [0.2, 0.25) is 0 Å². The predicted octanol–water partition coefficient (Wildman–Crippen LogP) is 3.63. The number of carbonyl (C=O) groups excluding carboxylic acids is 1. The van der Waals surface area contributed by atoms with Gasteiger partial charge in [-0.3, -0.25) is 4.79 Å². The molecule has 1 aliphatic rings. The van der Waals surface area contributed by atoms with Gasteiger partial charge in [-0.05, 0) is 56.5 Å². The molecule has 15 heavy (non-hydrogen) atoms. The van der Waals surface area contributed by atoms with Crippen LogP contribution in [0.15, 0.2) is 27.1 Å². The second kappa shape index (κ2) is 4.26. The third kappa shape index (κ3) is 2.26. The van der Waals surface area contributed by atoms with Gasteiger partial charge in [0.1, 0.15) is 6.10 Å². The number of cyclic esters (lactones) is 1. The van der Waals surface area contributed by atoms with Gasteiger partial charge in [-0.1, -0.05) is 6.07 Å². The van der Waals surface area contributed by atoms with Gasteiger partial charge in [0, 0.05) is 15.4 Å². The summed E-state index contributed by atoms with van der Waals surface area (Å²) in [6.07, 6.45) is 0.803. The van der Waals surface area contributed by atoms with Crippen molar-refractivity contribution in [2.45, 2.75) is 25.4 Å². The highest BCUT2D eigenvalue weighted by molar-refractivity contribution is 9.13. The van der Waals surface area contributed by atoms with Gasteiger partial charge in [-0.15, -0.1) is 0 Å². The molecule has 2 rings (SSSR count). The number of halogens is 2. The zero-order chi connectivity index (χ0) is 11.0. The van der Waals surface area contributed by atoms with Crippen LogP contribution >= 0.6 is 31.9 Å². The molecule has 0 N–H and O–H groups in total. The SMILES string of the molecule is CC1CC(c2ccc(Br)c(Br)c2)C(=O)O1. The molecule has 1 aliphatic heterocycles. The van der Waals surface area contributed by atoms with Crippen LogP contribution < -0.4 is 0 Å². The Bertz CT molecular complexity index is 404. The van der Waals surface area contributed by atoms with E-state index in [1.165, 1.54) is 0 Å². The van der Waals surface area contributed by atoms with Gasteiger partial charge in [0.15, 0.2) is 0 Å². The molecular weight excluding hydrogens is 324 g/mol. The summed E-state index contributed by atoms with van der Waals surface area (Å²) in [6.45, 7) is 1.92. The van der Waals surface area contributed by atoms with Gasteiger partial charge < -0.3 is 4.74 Å². The minimum atomic E-state index is -0.114. The average molecular weight is 334 g/mol. The number of rotatable bonds is 1. The van der Waals surface area contributed by atoms with Crippen molar-refractivity contribution < 1.29 is 9.53 Å². The molecule has 0 spiro atoms. The lowest BCUT2D eigenvalue weighted by Crippen LogP contribution is -2.05. The zero-order valence-electron chi connectivity index (χ0n) is 8.17. The maximum Gasteiger partial charge on any atom is 0.313 e. The summed E-state index contributed by atoms with van der Waals surface area (Å²) in [5.41, 5.74) is 1.01. The van der Waals surface area contributed by atoms with E-state index in [0.29, 0.717) is 0 Å². The number of esters is 1. The Morgan fingerprint density at radius 2 is 2.07 bits per heavy atom. The molecule has 2 nitrogen and oxygen atoms in total. The Kier molecular flexibility index (Phi) is 3.16. The van der Waals surface area contributed by atoms with E-state index in [1.807, 2.05) is 25.1 Å². The van der Waals surface area contributed by atoms with Crippen LogP contribution in [-0.4, -0.2) is 12.1 Å². The third-order valence-corrected chi connectivity index (χ3v) is 4.40. The van der Waals surface area contributed by atoms with E-state index in [1.54, 1.807) is 0 Å². The van der Waals surface area contributed by atoms with Crippen LogP contribution in [0.3, 0.4) is 0 Å². The first kappa shape index (κ1) is 11.1. The van der Waals surface area contributed by atoms with Crippen LogP contribution in [0.25, 0.3) is 0 Å². The van der Waals surface area contributed by atoms with Crippen molar-refractivity contribution in [2.24, 2.45) is 0 Å². The average Bonchev–Trinajstić information content (AvgIpc) is 2.50. The monoisotopic (exact) mass is 332 g/mol. The van der Waals surface area contributed by atoms with Gasteiger partial charge in [0.05, 0.1) is 5.92 Å². The summed E-state index contributed by atoms with van der Waals surface area (Å²) in [5.74, 6) is -0.221. The molecule has 0 aromatic heterocycles. The third-order valence-electron chi connectivity index (χ3n) is 2.52. The van der Waals surface area contributed by atoms with Crippen molar-refractivity contribution in [1.29, 1.82) is 0 Å². The molecule has 2 atom stereocenters. The molecule has 2 unspecified atom stereocenters. The van der Waals surface area contributed by atoms with Crippen molar-refractivity contribution in [3.8, 4) is 0 Å². The highest BCUT2D eigenvalue weighted by Gasteiger charge is 2.33. The molecule has 1 aromatic carbocycles. The van der Waals surface area contributed by atoms with Crippen LogP contribution in [0, 0.1) is 0 Å². The quantitative estimate of drug-likeness (QED) is 0.733. The summed E-state index contributed by atoms with van der Waals surface area (Å²) >= 11 is 6.83. The van der Waals surface area contributed by atoms with E-state index >= 15 is 0 Å². The van der Waals surface area contributed by atoms with Gasteiger partial charge in [-0.2, -0.15) is 0 Å². The predicted molar refractivity (Wildman–Crippen MR) is 64.8 cm³/mol. The molecule has 1 fully saturated rings. The van der Waals surface area contributed by atoms with Gasteiger partial charge in [0.25, 0.3) is 0 Å². The summed E-state index contributed by atoms with van der Waals surface area (Å²) in [5, 5.41) is 0. The topological polar surface area (TPSA) is 26.3 Å². The molecule has 0 saturated carbocycles. The Morgan fingerprint density at radius 1 is 1.33 bits per heavy atom. The lowest BCUT2D eigenvalue weighted by molar-refractivity contribution is -0.141. The van der Waals surface area contributed by atoms with E-state index in [9.17, 15) is 4.79 Å². The highest BCUT2D eigenvalue weighted by Crippen LogP contribution is 2.33. The molecule has 80 valence electrons. The lowest BCUT2D eigenvalue weighted by Gasteiger charge is -2.07. The zero-order valence-corrected chi connectivity index (χ0v) is 11.3. The Morgan fingerprint density at radius 3 is 2.60 bits per heavy atom. The van der Waals surface area contributed by atoms with Crippen molar-refractivity contribution in [1.82, 2.24) is 0 Å². The second-order valence-electron chi connectivity index (χ2n) is 3.71. The first-order valence-corrected chi connectivity index (χ1v) is 6.32. The van der Waals surface area contributed by atoms with E-state index < -0.39 is 0 Å². The summed E-state index contributed by atoms with van der Waals surface area (Å²) in [6, 6.07) is 5.86. The molecular formula is C11H10Br2O2. The Balaban J connectivity index is 2.30. The fourth-order valence-electron chi connectivity index (χ4n) is 1.76. The molecule has 0 radical (unpaired) electrons. The van der Waals surface area contributed by atoms with E-state index in [0.717, 1.165) is 20.9 Å². The molecule has 0 bridgehead atoms. The van der Waals surface area contributed by atoms with E-state index in [-0.39, 0.29) is 18.0 Å². The van der Waals surface area contributed by atoms with Crippen molar-refractivity contribution >= 4 is 37.8 Å². The first-order valence-electron chi connectivity index (χ1n) is 4.73.